The van der Waals surface area contributed by atoms with Crippen molar-refractivity contribution in [1.82, 2.24) is 15.5 Å². The fourth-order valence-electron chi connectivity index (χ4n) is 4.16. The number of benzene rings is 1. The fraction of sp³-hybridized carbons (Fsp3) is 0.391. The molecular weight excluding hydrogens is 430 g/mol. The lowest BCUT2D eigenvalue weighted by molar-refractivity contribution is -0.139. The summed E-state index contributed by atoms with van der Waals surface area (Å²) in [6.07, 6.45) is 0.832. The maximum Gasteiger partial charge on any atom is 0.338 e. The molecule has 1 aromatic heterocycles. The van der Waals surface area contributed by atoms with E-state index in [1.165, 1.54) is 16.9 Å². The van der Waals surface area contributed by atoms with Crippen LogP contribution in [0.15, 0.2) is 40.9 Å². The molecule has 1 atom stereocenters. The van der Waals surface area contributed by atoms with Crippen molar-refractivity contribution in [3.05, 3.63) is 56.9 Å². The van der Waals surface area contributed by atoms with Gasteiger partial charge in [0.05, 0.1) is 32.4 Å². The van der Waals surface area contributed by atoms with E-state index in [0.717, 1.165) is 29.2 Å². The molecule has 2 aliphatic heterocycles. The van der Waals surface area contributed by atoms with Crippen molar-refractivity contribution in [3.8, 4) is 11.5 Å². The number of urea groups is 1. The monoisotopic (exact) mass is 457 g/mol. The zero-order valence-corrected chi connectivity index (χ0v) is 19.2. The minimum Gasteiger partial charge on any atom is -0.493 e. The number of esters is 1. The van der Waals surface area contributed by atoms with E-state index in [4.69, 9.17) is 14.2 Å². The lowest BCUT2D eigenvalue weighted by atomic mass is 9.97. The molecule has 0 fully saturated rings. The Labute approximate surface area is 191 Å². The van der Waals surface area contributed by atoms with Gasteiger partial charge in [-0.3, -0.25) is 4.90 Å². The van der Waals surface area contributed by atoms with Gasteiger partial charge in [-0.05, 0) is 48.1 Å². The number of thiophene rings is 1. The quantitative estimate of drug-likeness (QED) is 0.622. The molecule has 2 aliphatic rings. The first-order valence-electron chi connectivity index (χ1n) is 10.5. The van der Waals surface area contributed by atoms with Gasteiger partial charge in [0.2, 0.25) is 0 Å². The van der Waals surface area contributed by atoms with Gasteiger partial charge in [-0.1, -0.05) is 6.07 Å². The first-order chi connectivity index (χ1) is 15.5. The van der Waals surface area contributed by atoms with E-state index in [2.05, 4.69) is 15.5 Å². The smallest absolute Gasteiger partial charge is 0.338 e. The molecular formula is C23H27N3O5S. The van der Waals surface area contributed by atoms with Gasteiger partial charge in [0, 0.05) is 30.2 Å². The second-order valence-corrected chi connectivity index (χ2v) is 8.58. The maximum absolute atomic E-state index is 12.9. The van der Waals surface area contributed by atoms with E-state index in [1.807, 2.05) is 29.6 Å². The van der Waals surface area contributed by atoms with Gasteiger partial charge >= 0.3 is 12.0 Å². The Morgan fingerprint density at radius 3 is 2.62 bits per heavy atom. The number of nitrogens with one attached hydrogen (secondary N) is 2. The molecule has 3 heterocycles. The minimum absolute atomic E-state index is 0.263. The van der Waals surface area contributed by atoms with Crippen LogP contribution in [-0.4, -0.2) is 50.8 Å². The van der Waals surface area contributed by atoms with E-state index < -0.39 is 12.0 Å². The number of amides is 2. The summed E-state index contributed by atoms with van der Waals surface area (Å²) in [5.41, 5.74) is 3.38. The molecule has 2 aromatic rings. The SMILES string of the molecule is CCOC(=O)C1=C(CN2CCc3cc(OC)c(OC)cc3C2)NC(=O)NC1c1cccs1. The average Bonchev–Trinajstić information content (AvgIpc) is 3.32. The number of methoxy groups -OCH3 is 2. The first-order valence-corrected chi connectivity index (χ1v) is 11.4. The highest BCUT2D eigenvalue weighted by Crippen LogP contribution is 2.34. The van der Waals surface area contributed by atoms with Crippen LogP contribution >= 0.6 is 11.3 Å². The maximum atomic E-state index is 12.9. The van der Waals surface area contributed by atoms with Crippen molar-refractivity contribution in [2.75, 3.05) is 33.9 Å². The van der Waals surface area contributed by atoms with E-state index in [9.17, 15) is 9.59 Å². The normalized spacial score (nSPS) is 18.5. The molecule has 8 nitrogen and oxygen atoms in total. The standard InChI is InChI=1S/C23H27N3O5S/c1-4-31-22(27)20-16(24-23(28)25-21(20)19-6-5-9-32-19)13-26-8-7-14-10-17(29-2)18(30-3)11-15(14)12-26/h5-6,9-11,21H,4,7-8,12-13H2,1-3H3,(H2,24,25,28). The van der Waals surface area contributed by atoms with E-state index >= 15 is 0 Å². The van der Waals surface area contributed by atoms with Gasteiger partial charge in [-0.15, -0.1) is 11.3 Å². The van der Waals surface area contributed by atoms with Gasteiger partial charge in [-0.25, -0.2) is 9.59 Å². The Kier molecular flexibility index (Phi) is 6.66. The summed E-state index contributed by atoms with van der Waals surface area (Å²) >= 11 is 1.49. The molecule has 0 saturated heterocycles. The second-order valence-electron chi connectivity index (χ2n) is 7.60. The predicted octanol–water partition coefficient (Wildman–Crippen LogP) is 2.99. The van der Waals surface area contributed by atoms with E-state index in [0.29, 0.717) is 30.1 Å². The van der Waals surface area contributed by atoms with Crippen LogP contribution in [0.5, 0.6) is 11.5 Å². The number of ether oxygens (including phenoxy) is 3. The molecule has 9 heteroatoms. The first kappa shape index (κ1) is 22.2. The Morgan fingerprint density at radius 1 is 1.22 bits per heavy atom. The molecule has 2 amide bonds. The fourth-order valence-corrected chi connectivity index (χ4v) is 4.95. The van der Waals surface area contributed by atoms with Crippen molar-refractivity contribution in [1.29, 1.82) is 0 Å². The Bertz CT molecular complexity index is 1030. The summed E-state index contributed by atoms with van der Waals surface area (Å²) in [5, 5.41) is 7.65. The number of carbonyl (C=O) groups is 2. The van der Waals surface area contributed by atoms with Crippen LogP contribution in [0.3, 0.4) is 0 Å². The molecule has 170 valence electrons. The van der Waals surface area contributed by atoms with E-state index in [-0.39, 0.29) is 12.6 Å². The van der Waals surface area contributed by atoms with Crippen LogP contribution in [0.1, 0.15) is 29.0 Å². The topological polar surface area (TPSA) is 89.1 Å². The van der Waals surface area contributed by atoms with Crippen molar-refractivity contribution < 1.29 is 23.8 Å². The number of hydrogen-bond acceptors (Lipinski definition) is 7. The third-order valence-electron chi connectivity index (χ3n) is 5.66. The molecule has 1 aromatic carbocycles. The average molecular weight is 458 g/mol. The number of hydrogen-bond donors (Lipinski definition) is 2. The lowest BCUT2D eigenvalue weighted by Crippen LogP contribution is -2.48. The summed E-state index contributed by atoms with van der Waals surface area (Å²) in [4.78, 5) is 28.4. The van der Waals surface area contributed by atoms with Crippen LogP contribution in [0.4, 0.5) is 4.79 Å². The molecule has 0 aliphatic carbocycles. The van der Waals surface area contributed by atoms with Crippen molar-refractivity contribution in [2.24, 2.45) is 0 Å². The van der Waals surface area contributed by atoms with Gasteiger partial charge in [-0.2, -0.15) is 0 Å². The Balaban J connectivity index is 1.64. The molecule has 1 unspecified atom stereocenters. The van der Waals surface area contributed by atoms with Crippen LogP contribution in [-0.2, 0) is 22.5 Å². The molecule has 2 N–H and O–H groups in total. The second kappa shape index (κ2) is 9.62. The molecule has 0 radical (unpaired) electrons. The van der Waals surface area contributed by atoms with Gasteiger partial charge < -0.3 is 24.8 Å². The van der Waals surface area contributed by atoms with Crippen LogP contribution in [0.2, 0.25) is 0 Å². The summed E-state index contributed by atoms with van der Waals surface area (Å²) in [6.45, 7) is 3.92. The third-order valence-corrected chi connectivity index (χ3v) is 6.59. The van der Waals surface area contributed by atoms with Crippen molar-refractivity contribution in [2.45, 2.75) is 25.9 Å². The summed E-state index contributed by atoms with van der Waals surface area (Å²) in [7, 11) is 3.25. The molecule has 4 rings (SSSR count). The van der Waals surface area contributed by atoms with E-state index in [1.54, 1.807) is 21.1 Å². The third kappa shape index (κ3) is 4.44. The minimum atomic E-state index is -0.528. The highest BCUT2D eigenvalue weighted by molar-refractivity contribution is 7.10. The number of fused-ring (bicyclic) bond motifs is 1. The zero-order valence-electron chi connectivity index (χ0n) is 18.4. The Morgan fingerprint density at radius 2 is 1.97 bits per heavy atom. The van der Waals surface area contributed by atoms with Gasteiger partial charge in [0.15, 0.2) is 11.5 Å². The summed E-state index contributed by atoms with van der Waals surface area (Å²) < 4.78 is 16.2. The Hall–Kier alpha value is -3.04. The van der Waals surface area contributed by atoms with Crippen molar-refractivity contribution >= 4 is 23.3 Å². The predicted molar refractivity (Wildman–Crippen MR) is 121 cm³/mol. The number of nitrogens with zero attached hydrogens (tertiary/aromatic N) is 1. The van der Waals surface area contributed by atoms with Crippen LogP contribution in [0.25, 0.3) is 0 Å². The van der Waals surface area contributed by atoms with Crippen molar-refractivity contribution in [3.63, 3.8) is 0 Å². The molecule has 0 bridgehead atoms. The van der Waals surface area contributed by atoms with Gasteiger partial charge in [0.25, 0.3) is 0 Å². The number of rotatable bonds is 7. The zero-order chi connectivity index (χ0) is 22.7. The molecule has 0 saturated carbocycles. The largest absolute Gasteiger partial charge is 0.493 e. The molecule has 32 heavy (non-hydrogen) atoms. The van der Waals surface area contributed by atoms with Crippen LogP contribution in [0, 0.1) is 0 Å². The summed E-state index contributed by atoms with van der Waals surface area (Å²) in [5.74, 6) is 0.987. The number of carbonyl (C=O) groups excluding carboxylic acids is 2. The summed E-state index contributed by atoms with van der Waals surface area (Å²) in [6, 6.07) is 6.98. The lowest BCUT2D eigenvalue weighted by Gasteiger charge is -2.34. The highest BCUT2D eigenvalue weighted by Gasteiger charge is 2.35. The highest BCUT2D eigenvalue weighted by atomic mass is 32.1. The molecule has 0 spiro atoms. The van der Waals surface area contributed by atoms with Crippen LogP contribution < -0.4 is 20.1 Å². The van der Waals surface area contributed by atoms with Gasteiger partial charge in [0.1, 0.15) is 0 Å².